The molecule has 2 unspecified atom stereocenters. The van der Waals surface area contributed by atoms with E-state index in [0.717, 1.165) is 19.3 Å². The predicted octanol–water partition coefficient (Wildman–Crippen LogP) is 1.25. The summed E-state index contributed by atoms with van der Waals surface area (Å²) >= 11 is 0. The van der Waals surface area contributed by atoms with E-state index in [1.807, 2.05) is 0 Å². The van der Waals surface area contributed by atoms with Crippen molar-refractivity contribution in [2.45, 2.75) is 25.3 Å². The monoisotopic (exact) mass is 165 g/mol. The van der Waals surface area contributed by atoms with Crippen LogP contribution in [0.1, 0.15) is 19.3 Å². The number of carboxylic acid groups (broad SMARTS) is 1. The third-order valence-electron chi connectivity index (χ3n) is 2.81. The van der Waals surface area contributed by atoms with Crippen LogP contribution >= 0.6 is 0 Å². The molecule has 1 fully saturated rings. The molecule has 0 saturated heterocycles. The lowest BCUT2D eigenvalue weighted by molar-refractivity contribution is -0.146. The first-order valence-electron chi connectivity index (χ1n) is 4.20. The molecule has 64 valence electrons. The highest BCUT2D eigenvalue weighted by molar-refractivity contribution is 5.83. The van der Waals surface area contributed by atoms with Gasteiger partial charge in [-0.25, -0.2) is 0 Å². The maximum Gasteiger partial charge on any atom is 0.315 e. The van der Waals surface area contributed by atoms with Crippen LogP contribution in [0.25, 0.3) is 0 Å². The number of hydrogen-bond acceptors (Lipinski definition) is 2. The van der Waals surface area contributed by atoms with Crippen molar-refractivity contribution >= 4 is 12.2 Å². The molecule has 0 radical (unpaired) electrons. The molecule has 0 spiro atoms. The minimum absolute atomic E-state index is 0.0139. The molecule has 0 aromatic rings. The van der Waals surface area contributed by atoms with Crippen LogP contribution in [0.2, 0.25) is 0 Å². The van der Waals surface area contributed by atoms with Gasteiger partial charge in [-0.3, -0.25) is 9.79 Å². The van der Waals surface area contributed by atoms with Crippen LogP contribution in [0, 0.1) is 5.41 Å². The molecule has 1 aliphatic heterocycles. The lowest BCUT2D eigenvalue weighted by Crippen LogP contribution is -2.36. The first-order chi connectivity index (χ1) is 5.76. The van der Waals surface area contributed by atoms with Crippen LogP contribution in [-0.4, -0.2) is 23.3 Å². The first-order valence-corrected chi connectivity index (χ1v) is 4.20. The molecule has 0 bridgehead atoms. The zero-order chi connectivity index (χ0) is 8.60. The quantitative estimate of drug-likeness (QED) is 0.635. The van der Waals surface area contributed by atoms with Gasteiger partial charge in [0.05, 0.1) is 6.04 Å². The Hall–Kier alpha value is -1.12. The Balaban J connectivity index is 2.38. The first kappa shape index (κ1) is 7.53. The molecule has 1 heterocycles. The van der Waals surface area contributed by atoms with Crippen molar-refractivity contribution < 1.29 is 9.90 Å². The lowest BCUT2D eigenvalue weighted by Gasteiger charge is -2.26. The summed E-state index contributed by atoms with van der Waals surface area (Å²) in [6.07, 6.45) is 7.86. The van der Waals surface area contributed by atoms with Gasteiger partial charge in [-0.1, -0.05) is 6.08 Å². The second-order valence-corrected chi connectivity index (χ2v) is 3.41. The van der Waals surface area contributed by atoms with Gasteiger partial charge in [0.2, 0.25) is 0 Å². The second kappa shape index (κ2) is 2.44. The number of aliphatic imine (C=N–C) groups is 1. The van der Waals surface area contributed by atoms with E-state index in [-0.39, 0.29) is 6.04 Å². The van der Waals surface area contributed by atoms with E-state index in [2.05, 4.69) is 4.99 Å². The molecule has 3 heteroatoms. The Morgan fingerprint density at radius 3 is 3.17 bits per heavy atom. The molecule has 1 aliphatic carbocycles. The van der Waals surface area contributed by atoms with Crippen LogP contribution in [0.3, 0.4) is 0 Å². The van der Waals surface area contributed by atoms with E-state index in [9.17, 15) is 4.79 Å². The number of carboxylic acids is 1. The van der Waals surface area contributed by atoms with Crippen molar-refractivity contribution in [2.24, 2.45) is 10.4 Å². The summed E-state index contributed by atoms with van der Waals surface area (Å²) in [7, 11) is 0. The van der Waals surface area contributed by atoms with Gasteiger partial charge in [-0.05, 0) is 25.3 Å². The Morgan fingerprint density at radius 1 is 1.67 bits per heavy atom. The maximum absolute atomic E-state index is 11.0. The zero-order valence-electron chi connectivity index (χ0n) is 6.73. The molecule has 0 aromatic heterocycles. The van der Waals surface area contributed by atoms with Crippen LogP contribution in [-0.2, 0) is 4.79 Å². The summed E-state index contributed by atoms with van der Waals surface area (Å²) < 4.78 is 0. The van der Waals surface area contributed by atoms with Crippen molar-refractivity contribution in [1.82, 2.24) is 0 Å². The number of aliphatic carboxylic acids is 1. The van der Waals surface area contributed by atoms with Gasteiger partial charge in [0.15, 0.2) is 0 Å². The smallest absolute Gasteiger partial charge is 0.315 e. The topological polar surface area (TPSA) is 49.7 Å². The van der Waals surface area contributed by atoms with E-state index in [4.69, 9.17) is 5.11 Å². The molecular weight excluding hydrogens is 154 g/mol. The normalized spacial score (nSPS) is 38.2. The number of carbonyl (C=O) groups is 1. The zero-order valence-corrected chi connectivity index (χ0v) is 6.73. The molecule has 0 amide bonds. The summed E-state index contributed by atoms with van der Waals surface area (Å²) in [6.45, 7) is 0. The van der Waals surface area contributed by atoms with Crippen molar-refractivity contribution in [3.05, 3.63) is 12.2 Å². The Morgan fingerprint density at radius 2 is 2.50 bits per heavy atom. The van der Waals surface area contributed by atoms with Crippen LogP contribution < -0.4 is 0 Å². The largest absolute Gasteiger partial charge is 0.481 e. The maximum atomic E-state index is 11.0. The standard InChI is InChI=1S/C9H11NO2/c11-8(12)9-4-1-3-7(9)10-6-2-5-9/h2,5-7H,1,3-4H2,(H,11,12). The molecule has 2 atom stereocenters. The summed E-state index contributed by atoms with van der Waals surface area (Å²) in [6, 6.07) is -0.0139. The molecule has 12 heavy (non-hydrogen) atoms. The fourth-order valence-corrected chi connectivity index (χ4v) is 2.10. The Kier molecular flexibility index (Phi) is 1.53. The van der Waals surface area contributed by atoms with E-state index >= 15 is 0 Å². The van der Waals surface area contributed by atoms with Crippen molar-refractivity contribution in [3.63, 3.8) is 0 Å². The van der Waals surface area contributed by atoms with Crippen molar-refractivity contribution in [2.75, 3.05) is 0 Å². The van der Waals surface area contributed by atoms with Gasteiger partial charge in [-0.2, -0.15) is 0 Å². The summed E-state index contributed by atoms with van der Waals surface area (Å²) in [4.78, 5) is 15.2. The van der Waals surface area contributed by atoms with Crippen LogP contribution in [0.5, 0.6) is 0 Å². The average Bonchev–Trinajstić information content (AvgIpc) is 2.48. The van der Waals surface area contributed by atoms with E-state index in [1.54, 1.807) is 18.4 Å². The number of allylic oxidation sites excluding steroid dienone is 1. The number of rotatable bonds is 1. The van der Waals surface area contributed by atoms with E-state index in [1.165, 1.54) is 0 Å². The van der Waals surface area contributed by atoms with Crippen molar-refractivity contribution in [1.29, 1.82) is 0 Å². The lowest BCUT2D eigenvalue weighted by atomic mass is 9.81. The van der Waals surface area contributed by atoms with Gasteiger partial charge in [0.1, 0.15) is 5.41 Å². The highest BCUT2D eigenvalue weighted by Gasteiger charge is 2.47. The van der Waals surface area contributed by atoms with Gasteiger partial charge in [0, 0.05) is 6.21 Å². The Labute approximate surface area is 70.8 Å². The SMILES string of the molecule is O=C(O)C12C=CC=NC1CCC2. The van der Waals surface area contributed by atoms with E-state index < -0.39 is 11.4 Å². The van der Waals surface area contributed by atoms with Gasteiger partial charge in [-0.15, -0.1) is 0 Å². The fraction of sp³-hybridized carbons (Fsp3) is 0.556. The van der Waals surface area contributed by atoms with Crippen molar-refractivity contribution in [3.8, 4) is 0 Å². The van der Waals surface area contributed by atoms with Gasteiger partial charge < -0.3 is 5.11 Å². The average molecular weight is 165 g/mol. The minimum Gasteiger partial charge on any atom is -0.481 e. The molecule has 1 N–H and O–H groups in total. The third-order valence-corrected chi connectivity index (χ3v) is 2.81. The highest BCUT2D eigenvalue weighted by atomic mass is 16.4. The van der Waals surface area contributed by atoms with Gasteiger partial charge in [0.25, 0.3) is 0 Å². The second-order valence-electron chi connectivity index (χ2n) is 3.41. The third kappa shape index (κ3) is 0.823. The molecule has 2 rings (SSSR count). The van der Waals surface area contributed by atoms with Crippen LogP contribution in [0.4, 0.5) is 0 Å². The fourth-order valence-electron chi connectivity index (χ4n) is 2.10. The minimum atomic E-state index is -0.724. The Bertz CT molecular complexity index is 270. The number of nitrogens with zero attached hydrogens (tertiary/aromatic N) is 1. The number of dihydropyridines is 1. The number of hydrogen-bond donors (Lipinski definition) is 1. The predicted molar refractivity (Wildman–Crippen MR) is 45.3 cm³/mol. The summed E-state index contributed by atoms with van der Waals surface area (Å²) in [5.41, 5.74) is -0.672. The summed E-state index contributed by atoms with van der Waals surface area (Å²) in [5.74, 6) is -0.724. The summed E-state index contributed by atoms with van der Waals surface area (Å²) in [5, 5.41) is 9.07. The molecule has 2 aliphatic rings. The molecule has 1 saturated carbocycles. The van der Waals surface area contributed by atoms with E-state index in [0.29, 0.717) is 0 Å². The van der Waals surface area contributed by atoms with Crippen LogP contribution in [0.15, 0.2) is 17.1 Å². The number of fused-ring (bicyclic) bond motifs is 1. The van der Waals surface area contributed by atoms with Gasteiger partial charge >= 0.3 is 5.97 Å². The molecule has 3 nitrogen and oxygen atoms in total. The molecule has 0 aromatic carbocycles. The highest BCUT2D eigenvalue weighted by Crippen LogP contribution is 2.43. The molecular formula is C9H11NO2.